The van der Waals surface area contributed by atoms with Crippen LogP contribution >= 0.6 is 0 Å². The average Bonchev–Trinajstić information content (AvgIpc) is 2.27. The number of cyclic esters (lactones) is 1. The number of esters is 1. The van der Waals surface area contributed by atoms with Gasteiger partial charge in [0.15, 0.2) is 0 Å². The van der Waals surface area contributed by atoms with Crippen LogP contribution in [0.3, 0.4) is 0 Å². The highest BCUT2D eigenvalue weighted by Crippen LogP contribution is 2.21. The monoisotopic (exact) mass is 230 g/mol. The van der Waals surface area contributed by atoms with Crippen molar-refractivity contribution in [1.82, 2.24) is 0 Å². The second-order valence-electron chi connectivity index (χ2n) is 3.86. The number of methoxy groups -OCH3 is 1. The molecule has 0 aromatic carbocycles. The predicted molar refractivity (Wildman–Crippen MR) is 56.5 cm³/mol. The standard InChI is InChI=1S/C11H18O5/c1-3-7(12)4-9(13)10-5-8(15-2)6-11(14)16-10/h6-7,9-10,12-13H,3-5H2,1-2H3/t7-,9-,10-/m0/s1. The van der Waals surface area contributed by atoms with E-state index in [-0.39, 0.29) is 6.42 Å². The fourth-order valence-corrected chi connectivity index (χ4v) is 1.57. The summed E-state index contributed by atoms with van der Waals surface area (Å²) in [6.45, 7) is 1.82. The molecule has 0 aromatic rings. The number of ether oxygens (including phenoxy) is 2. The molecule has 0 aromatic heterocycles. The summed E-state index contributed by atoms with van der Waals surface area (Å²) in [6, 6.07) is 0. The van der Waals surface area contributed by atoms with Gasteiger partial charge in [-0.3, -0.25) is 0 Å². The van der Waals surface area contributed by atoms with Gasteiger partial charge in [0, 0.05) is 12.8 Å². The van der Waals surface area contributed by atoms with Gasteiger partial charge in [-0.25, -0.2) is 4.79 Å². The van der Waals surface area contributed by atoms with E-state index in [1.807, 2.05) is 6.92 Å². The molecule has 0 spiro atoms. The van der Waals surface area contributed by atoms with Crippen LogP contribution < -0.4 is 0 Å². The molecule has 0 amide bonds. The molecule has 1 rings (SSSR count). The van der Waals surface area contributed by atoms with Crippen molar-refractivity contribution < 1.29 is 24.5 Å². The van der Waals surface area contributed by atoms with Crippen molar-refractivity contribution in [2.24, 2.45) is 0 Å². The molecular weight excluding hydrogens is 212 g/mol. The van der Waals surface area contributed by atoms with E-state index < -0.39 is 24.3 Å². The zero-order valence-corrected chi connectivity index (χ0v) is 9.55. The topological polar surface area (TPSA) is 76.0 Å². The normalized spacial score (nSPS) is 24.4. The number of rotatable bonds is 5. The van der Waals surface area contributed by atoms with Gasteiger partial charge in [0.1, 0.15) is 11.9 Å². The van der Waals surface area contributed by atoms with E-state index in [1.54, 1.807) is 0 Å². The zero-order valence-electron chi connectivity index (χ0n) is 9.55. The van der Waals surface area contributed by atoms with Gasteiger partial charge in [0.05, 0.1) is 25.4 Å². The molecule has 1 heterocycles. The first kappa shape index (κ1) is 13.0. The van der Waals surface area contributed by atoms with Crippen molar-refractivity contribution in [3.05, 3.63) is 11.8 Å². The average molecular weight is 230 g/mol. The highest BCUT2D eigenvalue weighted by Gasteiger charge is 2.29. The highest BCUT2D eigenvalue weighted by atomic mass is 16.6. The van der Waals surface area contributed by atoms with Crippen LogP contribution in [0, 0.1) is 0 Å². The van der Waals surface area contributed by atoms with Gasteiger partial charge in [0.2, 0.25) is 0 Å². The number of aliphatic hydroxyl groups excluding tert-OH is 2. The first-order valence-corrected chi connectivity index (χ1v) is 5.38. The van der Waals surface area contributed by atoms with Crippen molar-refractivity contribution in [1.29, 1.82) is 0 Å². The van der Waals surface area contributed by atoms with Gasteiger partial charge in [-0.15, -0.1) is 0 Å². The SMILES string of the molecule is CC[C@H](O)C[C@H](O)[C@@H]1CC(OC)=CC(=O)O1. The lowest BCUT2D eigenvalue weighted by Gasteiger charge is -2.27. The molecular formula is C11H18O5. The number of aliphatic hydroxyl groups is 2. The summed E-state index contributed by atoms with van der Waals surface area (Å²) in [7, 11) is 1.47. The van der Waals surface area contributed by atoms with E-state index in [1.165, 1.54) is 13.2 Å². The number of carbonyl (C=O) groups excluding carboxylic acids is 1. The summed E-state index contributed by atoms with van der Waals surface area (Å²) in [4.78, 5) is 11.2. The molecule has 16 heavy (non-hydrogen) atoms. The summed E-state index contributed by atoms with van der Waals surface area (Å²) >= 11 is 0. The fraction of sp³-hybridized carbons (Fsp3) is 0.727. The minimum atomic E-state index is -0.863. The Morgan fingerprint density at radius 3 is 2.88 bits per heavy atom. The Balaban J connectivity index is 2.55. The van der Waals surface area contributed by atoms with Crippen LogP contribution in [-0.4, -0.2) is 41.6 Å². The molecule has 0 aliphatic carbocycles. The van der Waals surface area contributed by atoms with Crippen molar-refractivity contribution in [2.75, 3.05) is 7.11 Å². The van der Waals surface area contributed by atoms with Crippen molar-refractivity contribution in [3.8, 4) is 0 Å². The lowest BCUT2D eigenvalue weighted by molar-refractivity contribution is -0.153. The lowest BCUT2D eigenvalue weighted by atomic mass is 10.0. The Kier molecular flexibility index (Phi) is 4.76. The molecule has 0 saturated heterocycles. The van der Waals surface area contributed by atoms with E-state index in [0.29, 0.717) is 18.6 Å². The molecule has 5 nitrogen and oxygen atoms in total. The Labute approximate surface area is 94.7 Å². The summed E-state index contributed by atoms with van der Waals surface area (Å²) < 4.78 is 9.93. The van der Waals surface area contributed by atoms with Crippen molar-refractivity contribution >= 4 is 5.97 Å². The summed E-state index contributed by atoms with van der Waals surface area (Å²) in [6.07, 6.45) is 0.298. The second kappa shape index (κ2) is 5.86. The van der Waals surface area contributed by atoms with E-state index in [9.17, 15) is 15.0 Å². The van der Waals surface area contributed by atoms with Gasteiger partial charge in [-0.1, -0.05) is 6.92 Å². The molecule has 0 radical (unpaired) electrons. The highest BCUT2D eigenvalue weighted by molar-refractivity contribution is 5.83. The van der Waals surface area contributed by atoms with E-state index >= 15 is 0 Å². The Morgan fingerprint density at radius 1 is 1.62 bits per heavy atom. The summed E-state index contributed by atoms with van der Waals surface area (Å²) in [5, 5.41) is 19.2. The fourth-order valence-electron chi connectivity index (χ4n) is 1.57. The quantitative estimate of drug-likeness (QED) is 0.667. The lowest BCUT2D eigenvalue weighted by Crippen LogP contribution is -2.36. The zero-order chi connectivity index (χ0) is 12.1. The Hall–Kier alpha value is -1.07. The van der Waals surface area contributed by atoms with Crippen LogP contribution in [0.5, 0.6) is 0 Å². The molecule has 5 heteroatoms. The Morgan fingerprint density at radius 2 is 2.31 bits per heavy atom. The van der Waals surface area contributed by atoms with Crippen LogP contribution in [0.1, 0.15) is 26.2 Å². The van der Waals surface area contributed by atoms with Gasteiger partial charge in [-0.05, 0) is 6.42 Å². The largest absolute Gasteiger partial charge is 0.501 e. The molecule has 0 bridgehead atoms. The van der Waals surface area contributed by atoms with Gasteiger partial charge in [0.25, 0.3) is 0 Å². The third kappa shape index (κ3) is 3.50. The third-order valence-electron chi connectivity index (χ3n) is 2.62. The molecule has 0 unspecified atom stereocenters. The van der Waals surface area contributed by atoms with Crippen molar-refractivity contribution in [2.45, 2.75) is 44.5 Å². The molecule has 92 valence electrons. The Bertz CT molecular complexity index is 274. The second-order valence-corrected chi connectivity index (χ2v) is 3.86. The van der Waals surface area contributed by atoms with Gasteiger partial charge >= 0.3 is 5.97 Å². The van der Waals surface area contributed by atoms with Crippen LogP contribution in [-0.2, 0) is 14.3 Å². The van der Waals surface area contributed by atoms with Crippen molar-refractivity contribution in [3.63, 3.8) is 0 Å². The van der Waals surface area contributed by atoms with Crippen LogP contribution in [0.4, 0.5) is 0 Å². The van der Waals surface area contributed by atoms with E-state index in [4.69, 9.17) is 9.47 Å². The maximum Gasteiger partial charge on any atom is 0.334 e. The molecule has 2 N–H and O–H groups in total. The van der Waals surface area contributed by atoms with E-state index in [0.717, 1.165) is 0 Å². The van der Waals surface area contributed by atoms with E-state index in [2.05, 4.69) is 0 Å². The molecule has 0 saturated carbocycles. The number of hydrogen-bond acceptors (Lipinski definition) is 5. The number of hydrogen-bond donors (Lipinski definition) is 2. The smallest absolute Gasteiger partial charge is 0.334 e. The van der Waals surface area contributed by atoms with Crippen LogP contribution in [0.25, 0.3) is 0 Å². The van der Waals surface area contributed by atoms with Crippen LogP contribution in [0.15, 0.2) is 11.8 Å². The minimum absolute atomic E-state index is 0.200. The summed E-state index contributed by atoms with van der Waals surface area (Å²) in [5.41, 5.74) is 0. The predicted octanol–water partition coefficient (Wildman–Crippen LogP) is 0.354. The maximum absolute atomic E-state index is 11.2. The van der Waals surface area contributed by atoms with Gasteiger partial charge in [-0.2, -0.15) is 0 Å². The first-order chi connectivity index (χ1) is 7.56. The van der Waals surface area contributed by atoms with Crippen LogP contribution in [0.2, 0.25) is 0 Å². The maximum atomic E-state index is 11.2. The molecule has 1 aliphatic heterocycles. The number of carbonyl (C=O) groups is 1. The molecule has 0 fully saturated rings. The first-order valence-electron chi connectivity index (χ1n) is 5.38. The molecule has 1 aliphatic rings. The summed E-state index contributed by atoms with van der Waals surface area (Å²) in [5.74, 6) is -0.0237. The third-order valence-corrected chi connectivity index (χ3v) is 2.62. The molecule has 3 atom stereocenters. The van der Waals surface area contributed by atoms with Gasteiger partial charge < -0.3 is 19.7 Å². The minimum Gasteiger partial charge on any atom is -0.501 e.